The van der Waals surface area contributed by atoms with E-state index in [1.54, 1.807) is 0 Å². The molecule has 0 fully saturated rings. The summed E-state index contributed by atoms with van der Waals surface area (Å²) in [4.78, 5) is 0. The molecule has 0 heterocycles. The fraction of sp³-hybridized carbons (Fsp3) is 1.00. The van der Waals surface area contributed by atoms with Crippen molar-refractivity contribution in [3.63, 3.8) is 0 Å². The molecule has 0 aliphatic rings. The molecule has 0 aliphatic heterocycles. The minimum Gasteiger partial charge on any atom is -0.197 e. The Morgan fingerprint density at radius 1 is 0.538 bits per heavy atom. The first-order chi connectivity index (χ1) is 11.1. The fourth-order valence-electron chi connectivity index (χ4n) is 0.901. The number of alkyl halides is 14. The van der Waals surface area contributed by atoms with E-state index in [1.165, 1.54) is 0 Å². The summed E-state index contributed by atoms with van der Waals surface area (Å²) in [5.74, 6) is -25.7. The van der Waals surface area contributed by atoms with Crippen LogP contribution in [0.15, 0.2) is 0 Å². The van der Waals surface area contributed by atoms with Gasteiger partial charge >= 0.3 is 44.3 Å². The summed E-state index contributed by atoms with van der Waals surface area (Å²) in [7, 11) is -4.49. The smallest absolute Gasteiger partial charge is 0.197 e. The van der Waals surface area contributed by atoms with Gasteiger partial charge in [0, 0.05) is 4.57 Å². The van der Waals surface area contributed by atoms with E-state index < -0.39 is 57.5 Å². The SMILES string of the molecule is O=[P+](OCC(F)(F)C(F)(F)C(F)(F)F)OCC(F)(F)C(F)(F)C(F)(F)F. The largest absolute Gasteiger partial charge is 0.697 e. The van der Waals surface area contributed by atoms with Gasteiger partial charge in [0.05, 0.1) is 0 Å². The van der Waals surface area contributed by atoms with Crippen LogP contribution in [-0.4, -0.2) is 49.3 Å². The maximum absolute atomic E-state index is 12.7. The van der Waals surface area contributed by atoms with E-state index in [9.17, 15) is 66.0 Å². The molecule has 0 N–H and O–H groups in total. The van der Waals surface area contributed by atoms with Crippen molar-refractivity contribution in [2.45, 2.75) is 36.0 Å². The van der Waals surface area contributed by atoms with Crippen molar-refractivity contribution in [3.8, 4) is 0 Å². The third-order valence-corrected chi connectivity index (χ3v) is 3.01. The van der Waals surface area contributed by atoms with Gasteiger partial charge < -0.3 is 0 Å². The number of hydrogen-bond donors (Lipinski definition) is 0. The van der Waals surface area contributed by atoms with Crippen LogP contribution in [0, 0.1) is 0 Å². The first-order valence-electron chi connectivity index (χ1n) is 5.48. The van der Waals surface area contributed by atoms with Gasteiger partial charge in [-0.3, -0.25) is 0 Å². The van der Waals surface area contributed by atoms with Crippen LogP contribution >= 0.6 is 8.25 Å². The number of rotatable bonds is 8. The molecule has 0 rings (SSSR count). The molecule has 0 bridgehead atoms. The monoisotopic (exact) mass is 445 g/mol. The second-order valence-electron chi connectivity index (χ2n) is 4.32. The summed E-state index contributed by atoms with van der Waals surface area (Å²) < 4.78 is 187. The van der Waals surface area contributed by atoms with Crippen molar-refractivity contribution in [2.75, 3.05) is 13.2 Å². The van der Waals surface area contributed by atoms with E-state index in [0.29, 0.717) is 0 Å². The van der Waals surface area contributed by atoms with Gasteiger partial charge in [0.2, 0.25) is 0 Å². The van der Waals surface area contributed by atoms with Crippen molar-refractivity contribution in [1.29, 1.82) is 0 Å². The normalized spacial score (nSPS) is 15.3. The molecule has 0 saturated heterocycles. The maximum Gasteiger partial charge on any atom is 0.697 e. The van der Waals surface area contributed by atoms with Gasteiger partial charge in [-0.25, -0.2) is 0 Å². The van der Waals surface area contributed by atoms with Crippen molar-refractivity contribution < 1.29 is 75.1 Å². The minimum atomic E-state index is -6.81. The van der Waals surface area contributed by atoms with E-state index in [0.717, 1.165) is 0 Å². The van der Waals surface area contributed by atoms with Crippen LogP contribution in [0.2, 0.25) is 0 Å². The lowest BCUT2D eigenvalue weighted by Crippen LogP contribution is -2.54. The van der Waals surface area contributed by atoms with Gasteiger partial charge in [-0.2, -0.15) is 61.5 Å². The molecular weight excluding hydrogens is 441 g/mol. The predicted octanol–water partition coefficient (Wildman–Crippen LogP) is 5.34. The zero-order valence-corrected chi connectivity index (χ0v) is 12.3. The summed E-state index contributed by atoms with van der Waals surface area (Å²) in [5, 5.41) is 0. The molecular formula is C8H4F14O3P+. The van der Waals surface area contributed by atoms with E-state index in [1.807, 2.05) is 0 Å². The third kappa shape index (κ3) is 5.06. The van der Waals surface area contributed by atoms with Crippen LogP contribution in [0.5, 0.6) is 0 Å². The summed E-state index contributed by atoms with van der Waals surface area (Å²) in [6.45, 7) is -6.09. The molecule has 0 aromatic rings. The second-order valence-corrected chi connectivity index (χ2v) is 5.29. The highest BCUT2D eigenvalue weighted by molar-refractivity contribution is 7.33. The van der Waals surface area contributed by atoms with E-state index >= 15 is 0 Å². The molecule has 0 spiro atoms. The summed E-state index contributed by atoms with van der Waals surface area (Å²) in [6, 6.07) is 0. The number of hydrogen-bond acceptors (Lipinski definition) is 3. The standard InChI is InChI=1S/C8H4F14O3P/c9-3(10,5(13,14)7(17,18)19)1-24-26(23)25-2-4(11,12)6(15,16)8(20,21)22/h1-2H2/q+1. The van der Waals surface area contributed by atoms with Crippen LogP contribution in [0.4, 0.5) is 61.5 Å². The van der Waals surface area contributed by atoms with Gasteiger partial charge in [0.25, 0.3) is 0 Å². The molecule has 0 atom stereocenters. The summed E-state index contributed by atoms with van der Waals surface area (Å²) in [5.41, 5.74) is 0. The van der Waals surface area contributed by atoms with Crippen LogP contribution < -0.4 is 0 Å². The Balaban J connectivity index is 4.90. The molecule has 0 aliphatic carbocycles. The molecule has 0 amide bonds. The Kier molecular flexibility index (Phi) is 6.95. The lowest BCUT2D eigenvalue weighted by molar-refractivity contribution is -0.359. The highest BCUT2D eigenvalue weighted by atomic mass is 31.1. The van der Waals surface area contributed by atoms with Gasteiger partial charge in [0.15, 0.2) is 13.2 Å². The highest BCUT2D eigenvalue weighted by Gasteiger charge is 2.75. The number of halogens is 14. The predicted molar refractivity (Wildman–Crippen MR) is 51.4 cm³/mol. The molecule has 0 aromatic heterocycles. The van der Waals surface area contributed by atoms with Gasteiger partial charge in [0.1, 0.15) is 0 Å². The van der Waals surface area contributed by atoms with Crippen LogP contribution in [0.1, 0.15) is 0 Å². The Morgan fingerprint density at radius 3 is 0.962 bits per heavy atom. The Bertz CT molecular complexity index is 465. The van der Waals surface area contributed by atoms with Crippen LogP contribution in [0.3, 0.4) is 0 Å². The average Bonchev–Trinajstić information content (AvgIpc) is 2.40. The summed E-state index contributed by atoms with van der Waals surface area (Å²) >= 11 is 0. The van der Waals surface area contributed by atoms with Crippen molar-refractivity contribution >= 4 is 8.25 Å². The summed E-state index contributed by atoms with van der Waals surface area (Å²) in [6.07, 6.45) is -13.6. The molecule has 0 unspecified atom stereocenters. The fourth-order valence-corrected chi connectivity index (χ4v) is 1.51. The third-order valence-electron chi connectivity index (χ3n) is 2.33. The lowest BCUT2D eigenvalue weighted by atomic mass is 10.2. The van der Waals surface area contributed by atoms with Gasteiger partial charge in [-0.05, 0) is 0 Å². The maximum atomic E-state index is 12.7. The Labute approximate surface area is 134 Å². The van der Waals surface area contributed by atoms with E-state index in [-0.39, 0.29) is 0 Å². The zero-order valence-electron chi connectivity index (χ0n) is 11.4. The Hall–Kier alpha value is -0.960. The minimum absolute atomic E-state index is 3.05. The molecule has 26 heavy (non-hydrogen) atoms. The van der Waals surface area contributed by atoms with Crippen LogP contribution in [0.25, 0.3) is 0 Å². The van der Waals surface area contributed by atoms with Crippen molar-refractivity contribution in [2.24, 2.45) is 0 Å². The van der Waals surface area contributed by atoms with Crippen molar-refractivity contribution in [3.05, 3.63) is 0 Å². The van der Waals surface area contributed by atoms with Crippen LogP contribution in [-0.2, 0) is 13.6 Å². The first-order valence-corrected chi connectivity index (χ1v) is 6.57. The van der Waals surface area contributed by atoms with E-state index in [4.69, 9.17) is 0 Å². The topological polar surface area (TPSA) is 35.5 Å². The highest BCUT2D eigenvalue weighted by Crippen LogP contribution is 2.49. The molecule has 0 saturated carbocycles. The van der Waals surface area contributed by atoms with Gasteiger partial charge in [-0.15, -0.1) is 9.05 Å². The zero-order chi connectivity index (χ0) is 21.4. The first kappa shape index (κ1) is 25.0. The average molecular weight is 445 g/mol. The lowest BCUT2D eigenvalue weighted by Gasteiger charge is -2.26. The molecule has 3 nitrogen and oxygen atoms in total. The molecule has 18 heteroatoms. The second kappa shape index (κ2) is 7.22. The molecule has 0 radical (unpaired) electrons. The van der Waals surface area contributed by atoms with Crippen molar-refractivity contribution in [1.82, 2.24) is 0 Å². The quantitative estimate of drug-likeness (QED) is 0.374. The Morgan fingerprint density at radius 2 is 0.769 bits per heavy atom. The molecule has 156 valence electrons. The van der Waals surface area contributed by atoms with Gasteiger partial charge in [-0.1, -0.05) is 0 Å². The molecule has 0 aromatic carbocycles. The van der Waals surface area contributed by atoms with E-state index in [2.05, 4.69) is 9.05 Å².